The number of rotatable bonds is 6. The predicted octanol–water partition coefficient (Wildman–Crippen LogP) is 3.49. The second kappa shape index (κ2) is 10.7. The number of nitrogens with zero attached hydrogens (tertiary/aromatic N) is 6. The first kappa shape index (κ1) is 25.5. The molecule has 0 bridgehead atoms. The smallest absolute Gasteiger partial charge is 0.338 e. The highest BCUT2D eigenvalue weighted by atomic mass is 16.5. The highest BCUT2D eigenvalue weighted by molar-refractivity contribution is 5.93. The largest absolute Gasteiger partial charge is 0.463 e. The van der Waals surface area contributed by atoms with Gasteiger partial charge >= 0.3 is 5.97 Å². The van der Waals surface area contributed by atoms with Gasteiger partial charge in [-0.05, 0) is 51.0 Å². The summed E-state index contributed by atoms with van der Waals surface area (Å²) >= 11 is 0. The number of piperazine rings is 1. The molecule has 1 atom stereocenters. The zero-order valence-corrected chi connectivity index (χ0v) is 22.4. The summed E-state index contributed by atoms with van der Waals surface area (Å²) in [5.41, 5.74) is 5.55. The molecule has 2 aromatic carbocycles. The van der Waals surface area contributed by atoms with E-state index in [-0.39, 0.29) is 19.1 Å². The number of benzene rings is 2. The van der Waals surface area contributed by atoms with Crippen LogP contribution in [0.2, 0.25) is 0 Å². The maximum atomic E-state index is 13.5. The van der Waals surface area contributed by atoms with Crippen molar-refractivity contribution < 1.29 is 14.3 Å². The van der Waals surface area contributed by atoms with Crippen molar-refractivity contribution in [1.29, 1.82) is 0 Å². The summed E-state index contributed by atoms with van der Waals surface area (Å²) in [5, 5.41) is 4.48. The van der Waals surface area contributed by atoms with Gasteiger partial charge in [-0.2, -0.15) is 10.1 Å². The minimum Gasteiger partial charge on any atom is -0.463 e. The van der Waals surface area contributed by atoms with Gasteiger partial charge in [0.25, 0.3) is 0 Å². The highest BCUT2D eigenvalue weighted by Gasteiger charge is 2.39. The maximum Gasteiger partial charge on any atom is 0.338 e. The monoisotopic (exact) mass is 514 g/mol. The molecule has 0 spiro atoms. The van der Waals surface area contributed by atoms with Crippen molar-refractivity contribution in [1.82, 2.24) is 19.7 Å². The van der Waals surface area contributed by atoms with Gasteiger partial charge in [0.1, 0.15) is 18.9 Å². The summed E-state index contributed by atoms with van der Waals surface area (Å²) in [6.45, 7) is 10.9. The third kappa shape index (κ3) is 4.88. The average molecular weight is 515 g/mol. The SMILES string of the molecule is CCOC(=O)C1=C(C)N(CC(=O)N2CCN(c3cccc(C)c3)CC2)c2ncnn2C1c1ccc(C)cc1. The Labute approximate surface area is 223 Å². The van der Waals surface area contributed by atoms with Crippen LogP contribution in [0, 0.1) is 13.8 Å². The quantitative estimate of drug-likeness (QED) is 0.466. The van der Waals surface area contributed by atoms with Crippen LogP contribution in [0.25, 0.3) is 0 Å². The fourth-order valence-corrected chi connectivity index (χ4v) is 5.22. The number of ether oxygens (including phenoxy) is 1. The van der Waals surface area contributed by atoms with Gasteiger partial charge in [0.2, 0.25) is 11.9 Å². The van der Waals surface area contributed by atoms with E-state index in [0.717, 1.165) is 24.2 Å². The maximum absolute atomic E-state index is 13.5. The summed E-state index contributed by atoms with van der Waals surface area (Å²) in [4.78, 5) is 37.2. The number of aryl methyl sites for hydroxylation is 2. The molecule has 1 unspecified atom stereocenters. The Morgan fingerprint density at radius 1 is 0.974 bits per heavy atom. The number of fused-ring (bicyclic) bond motifs is 1. The van der Waals surface area contributed by atoms with Gasteiger partial charge < -0.3 is 19.4 Å². The first-order valence-electron chi connectivity index (χ1n) is 13.1. The molecule has 0 saturated carbocycles. The molecule has 1 amide bonds. The Bertz CT molecular complexity index is 1350. The molecule has 9 nitrogen and oxygen atoms in total. The molecular formula is C29H34N6O3. The Kier molecular flexibility index (Phi) is 7.18. The van der Waals surface area contributed by atoms with E-state index >= 15 is 0 Å². The van der Waals surface area contributed by atoms with E-state index in [2.05, 4.69) is 46.2 Å². The molecule has 2 aliphatic rings. The summed E-state index contributed by atoms with van der Waals surface area (Å²) < 4.78 is 7.18. The summed E-state index contributed by atoms with van der Waals surface area (Å²) in [7, 11) is 0. The van der Waals surface area contributed by atoms with Gasteiger partial charge in [0.15, 0.2) is 0 Å². The molecule has 9 heteroatoms. The molecule has 2 aliphatic heterocycles. The number of hydrogen-bond donors (Lipinski definition) is 0. The Balaban J connectivity index is 1.39. The number of aromatic nitrogens is 3. The van der Waals surface area contributed by atoms with Crippen molar-refractivity contribution in [2.24, 2.45) is 0 Å². The lowest BCUT2D eigenvalue weighted by molar-refractivity contribution is -0.139. The minimum absolute atomic E-state index is 0.0141. The van der Waals surface area contributed by atoms with Crippen LogP contribution < -0.4 is 9.80 Å². The predicted molar refractivity (Wildman–Crippen MR) is 146 cm³/mol. The molecule has 0 aliphatic carbocycles. The van der Waals surface area contributed by atoms with Crippen molar-refractivity contribution in [2.75, 3.05) is 49.1 Å². The average Bonchev–Trinajstić information content (AvgIpc) is 3.40. The Morgan fingerprint density at radius 3 is 2.39 bits per heavy atom. The number of hydrogen-bond acceptors (Lipinski definition) is 7. The molecule has 3 heterocycles. The lowest BCUT2D eigenvalue weighted by atomic mass is 9.94. The number of allylic oxidation sites excluding steroid dienone is 1. The number of carbonyl (C=O) groups excluding carboxylic acids is 2. The summed E-state index contributed by atoms with van der Waals surface area (Å²) in [5.74, 6) is 0.105. The normalized spacial score (nSPS) is 17.5. The van der Waals surface area contributed by atoms with E-state index in [1.807, 2.05) is 43.0 Å². The van der Waals surface area contributed by atoms with Crippen LogP contribution in [-0.2, 0) is 14.3 Å². The van der Waals surface area contributed by atoms with Crippen LogP contribution >= 0.6 is 0 Å². The van der Waals surface area contributed by atoms with Gasteiger partial charge in [0, 0.05) is 37.6 Å². The van der Waals surface area contributed by atoms with Crippen LogP contribution in [0.4, 0.5) is 11.6 Å². The van der Waals surface area contributed by atoms with E-state index in [0.29, 0.717) is 30.3 Å². The molecule has 1 fully saturated rings. The topological polar surface area (TPSA) is 83.8 Å². The molecule has 38 heavy (non-hydrogen) atoms. The molecule has 1 saturated heterocycles. The van der Waals surface area contributed by atoms with Crippen LogP contribution in [0.3, 0.4) is 0 Å². The van der Waals surface area contributed by atoms with Crippen molar-refractivity contribution in [3.8, 4) is 0 Å². The van der Waals surface area contributed by atoms with Gasteiger partial charge in [0.05, 0.1) is 12.2 Å². The number of carbonyl (C=O) groups is 2. The van der Waals surface area contributed by atoms with Crippen molar-refractivity contribution in [2.45, 2.75) is 33.7 Å². The van der Waals surface area contributed by atoms with Gasteiger partial charge in [-0.15, -0.1) is 0 Å². The Morgan fingerprint density at radius 2 is 1.71 bits per heavy atom. The molecule has 5 rings (SSSR count). The number of anilines is 2. The second-order valence-electron chi connectivity index (χ2n) is 9.83. The van der Waals surface area contributed by atoms with Crippen LogP contribution in [0.1, 0.15) is 36.6 Å². The van der Waals surface area contributed by atoms with E-state index < -0.39 is 12.0 Å². The first-order valence-corrected chi connectivity index (χ1v) is 13.1. The third-order valence-corrected chi connectivity index (χ3v) is 7.29. The zero-order chi connectivity index (χ0) is 26.8. The number of esters is 1. The van der Waals surface area contributed by atoms with E-state index in [1.54, 1.807) is 16.5 Å². The standard InChI is InChI=1S/C29H34N6O3/c1-5-38-28(37)26-22(4)34(29-30-19-31-35(29)27(26)23-11-9-20(2)10-12-23)18-25(36)33-15-13-32(14-16-33)24-8-6-7-21(3)17-24/h6-12,17,19,27H,5,13-16,18H2,1-4H3. The lowest BCUT2D eigenvalue weighted by Gasteiger charge is -2.39. The van der Waals surface area contributed by atoms with E-state index in [1.165, 1.54) is 17.6 Å². The third-order valence-electron chi connectivity index (χ3n) is 7.29. The summed E-state index contributed by atoms with van der Waals surface area (Å²) in [6, 6.07) is 16.0. The van der Waals surface area contributed by atoms with E-state index in [4.69, 9.17) is 4.74 Å². The van der Waals surface area contributed by atoms with Crippen LogP contribution in [0.15, 0.2) is 66.1 Å². The van der Waals surface area contributed by atoms with Gasteiger partial charge in [-0.3, -0.25) is 4.79 Å². The first-order chi connectivity index (χ1) is 18.4. The lowest BCUT2D eigenvalue weighted by Crippen LogP contribution is -2.52. The van der Waals surface area contributed by atoms with Gasteiger partial charge in [-0.25, -0.2) is 9.48 Å². The zero-order valence-electron chi connectivity index (χ0n) is 22.4. The molecule has 3 aromatic rings. The summed E-state index contributed by atoms with van der Waals surface area (Å²) in [6.07, 6.45) is 1.47. The fourth-order valence-electron chi connectivity index (χ4n) is 5.22. The molecule has 0 radical (unpaired) electrons. The minimum atomic E-state index is -0.489. The number of amides is 1. The molecule has 198 valence electrons. The van der Waals surface area contributed by atoms with Crippen molar-refractivity contribution in [3.05, 3.63) is 82.8 Å². The Hall–Kier alpha value is -4.14. The highest BCUT2D eigenvalue weighted by Crippen LogP contribution is 2.38. The fraction of sp³-hybridized carbons (Fsp3) is 0.379. The van der Waals surface area contributed by atoms with Crippen LogP contribution in [-0.4, -0.2) is 70.9 Å². The van der Waals surface area contributed by atoms with Crippen molar-refractivity contribution in [3.63, 3.8) is 0 Å². The molecule has 1 aromatic heterocycles. The van der Waals surface area contributed by atoms with Crippen LogP contribution in [0.5, 0.6) is 0 Å². The molecular weight excluding hydrogens is 480 g/mol. The molecule has 0 N–H and O–H groups in total. The second-order valence-corrected chi connectivity index (χ2v) is 9.83. The van der Waals surface area contributed by atoms with Crippen molar-refractivity contribution >= 4 is 23.5 Å². The van der Waals surface area contributed by atoms with Gasteiger partial charge in [-0.1, -0.05) is 42.0 Å². The van der Waals surface area contributed by atoms with E-state index in [9.17, 15) is 9.59 Å².